The van der Waals surface area contributed by atoms with E-state index in [2.05, 4.69) is 70.5 Å². The first kappa shape index (κ1) is 21.7. The summed E-state index contributed by atoms with van der Waals surface area (Å²) < 4.78 is 5.82. The van der Waals surface area contributed by atoms with E-state index in [9.17, 15) is 0 Å². The van der Waals surface area contributed by atoms with Crippen molar-refractivity contribution in [3.63, 3.8) is 0 Å². The van der Waals surface area contributed by atoms with Gasteiger partial charge in [0.1, 0.15) is 0 Å². The van der Waals surface area contributed by atoms with Gasteiger partial charge in [-0.15, -0.1) is 11.3 Å². The van der Waals surface area contributed by atoms with Crippen LogP contribution in [-0.2, 0) is 24.2 Å². The Balaban J connectivity index is 1.41. The number of nitrogens with zero attached hydrogens (tertiary/aromatic N) is 3. The molecule has 2 aromatic rings. The molecule has 3 rings (SSSR count). The largest absolute Gasteiger partial charge is 0.373 e. The van der Waals surface area contributed by atoms with E-state index in [1.54, 1.807) is 18.4 Å². The molecule has 158 valence electrons. The Hall–Kier alpha value is -1.96. The van der Waals surface area contributed by atoms with Gasteiger partial charge in [0.15, 0.2) is 5.96 Å². The Bertz CT molecular complexity index is 779. The van der Waals surface area contributed by atoms with Gasteiger partial charge in [-0.2, -0.15) is 0 Å². The third-order valence-corrected chi connectivity index (χ3v) is 5.88. The first-order chi connectivity index (χ1) is 14.0. The van der Waals surface area contributed by atoms with E-state index >= 15 is 0 Å². The molecule has 29 heavy (non-hydrogen) atoms. The van der Waals surface area contributed by atoms with Gasteiger partial charge in [-0.25, -0.2) is 4.98 Å². The summed E-state index contributed by atoms with van der Waals surface area (Å²) >= 11 is 1.75. The molecule has 0 radical (unpaired) electrons. The summed E-state index contributed by atoms with van der Waals surface area (Å²) in [4.78, 5) is 12.4. The number of ether oxygens (including phenoxy) is 1. The zero-order valence-electron chi connectivity index (χ0n) is 17.9. The quantitative estimate of drug-likeness (QED) is 0.538. The minimum atomic E-state index is 0.307. The van der Waals surface area contributed by atoms with Crippen molar-refractivity contribution in [1.82, 2.24) is 20.5 Å². The summed E-state index contributed by atoms with van der Waals surface area (Å²) in [5.41, 5.74) is 2.59. The molecule has 1 saturated heterocycles. The summed E-state index contributed by atoms with van der Waals surface area (Å²) in [7, 11) is 1.80. The molecule has 1 aromatic carbocycles. The number of hydrogen-bond acceptors (Lipinski definition) is 5. The molecule has 0 bridgehead atoms. The van der Waals surface area contributed by atoms with Crippen LogP contribution in [0.1, 0.15) is 34.9 Å². The van der Waals surface area contributed by atoms with Gasteiger partial charge in [0, 0.05) is 57.3 Å². The zero-order valence-corrected chi connectivity index (χ0v) is 18.8. The monoisotopic (exact) mass is 415 g/mol. The van der Waals surface area contributed by atoms with E-state index in [0.29, 0.717) is 12.2 Å². The molecule has 7 heteroatoms. The molecular formula is C22H33N5OS. The number of thiazole rings is 1. The third kappa shape index (κ3) is 7.10. The smallest absolute Gasteiger partial charge is 0.191 e. The second kappa shape index (κ2) is 10.7. The molecule has 1 fully saturated rings. The normalized spacial score (nSPS) is 20.6. The highest BCUT2D eigenvalue weighted by Crippen LogP contribution is 2.15. The van der Waals surface area contributed by atoms with Gasteiger partial charge in [-0.05, 0) is 31.9 Å². The minimum absolute atomic E-state index is 0.307. The van der Waals surface area contributed by atoms with Crippen molar-refractivity contribution in [1.29, 1.82) is 0 Å². The Morgan fingerprint density at radius 1 is 1.17 bits per heavy atom. The number of aryl methyl sites for hydroxylation is 1. The number of hydrogen-bond donors (Lipinski definition) is 2. The number of morpholine rings is 1. The molecule has 0 spiro atoms. The molecule has 2 atom stereocenters. The van der Waals surface area contributed by atoms with E-state index in [1.807, 2.05) is 6.20 Å². The summed E-state index contributed by atoms with van der Waals surface area (Å²) in [6.07, 6.45) is 3.45. The zero-order chi connectivity index (χ0) is 20.6. The Kier molecular flexibility index (Phi) is 8.03. The van der Waals surface area contributed by atoms with Crippen LogP contribution in [0.3, 0.4) is 0 Å². The van der Waals surface area contributed by atoms with Gasteiger partial charge in [-0.1, -0.05) is 24.3 Å². The third-order valence-electron chi connectivity index (χ3n) is 4.91. The van der Waals surface area contributed by atoms with E-state index in [1.165, 1.54) is 16.0 Å². The molecule has 1 aliphatic heterocycles. The molecule has 0 aliphatic carbocycles. The van der Waals surface area contributed by atoms with Crippen LogP contribution in [0.15, 0.2) is 35.5 Å². The Morgan fingerprint density at radius 2 is 1.86 bits per heavy atom. The highest BCUT2D eigenvalue weighted by atomic mass is 32.1. The van der Waals surface area contributed by atoms with Gasteiger partial charge in [0.2, 0.25) is 0 Å². The lowest BCUT2D eigenvalue weighted by Crippen LogP contribution is -2.44. The maximum atomic E-state index is 5.82. The standard InChI is InChI=1S/C22H33N5OS/c1-16-13-27(14-17(2)28-16)15-20-7-5-19(6-8-20)12-26-22(23-4)24-10-9-21-25-11-18(3)29-21/h5-8,11,16-17H,9-10,12-15H2,1-4H3,(H2,23,24,26). The van der Waals surface area contributed by atoms with Gasteiger partial charge < -0.3 is 15.4 Å². The second-order valence-electron chi connectivity index (χ2n) is 7.74. The van der Waals surface area contributed by atoms with Crippen LogP contribution < -0.4 is 10.6 Å². The second-order valence-corrected chi connectivity index (χ2v) is 9.05. The van der Waals surface area contributed by atoms with Crippen molar-refractivity contribution in [3.8, 4) is 0 Å². The number of benzene rings is 1. The van der Waals surface area contributed by atoms with Gasteiger partial charge in [0.25, 0.3) is 0 Å². The van der Waals surface area contributed by atoms with Crippen LogP contribution in [0, 0.1) is 6.92 Å². The molecular weight excluding hydrogens is 382 g/mol. The summed E-state index contributed by atoms with van der Waals surface area (Å²) in [6.45, 7) is 10.9. The van der Waals surface area contributed by atoms with Gasteiger partial charge in [-0.3, -0.25) is 9.89 Å². The maximum Gasteiger partial charge on any atom is 0.191 e. The number of rotatable bonds is 7. The first-order valence-electron chi connectivity index (χ1n) is 10.3. The Labute approximate surface area is 178 Å². The van der Waals surface area contributed by atoms with Crippen molar-refractivity contribution < 1.29 is 4.74 Å². The predicted molar refractivity (Wildman–Crippen MR) is 120 cm³/mol. The average Bonchev–Trinajstić information content (AvgIpc) is 3.10. The first-order valence-corrected chi connectivity index (χ1v) is 11.1. The van der Waals surface area contributed by atoms with Crippen molar-refractivity contribution in [2.45, 2.75) is 52.5 Å². The summed E-state index contributed by atoms with van der Waals surface area (Å²) in [5.74, 6) is 0.818. The SMILES string of the molecule is CN=C(NCCc1ncc(C)s1)NCc1ccc(CN2CC(C)OC(C)C2)cc1. The number of aromatic nitrogens is 1. The maximum absolute atomic E-state index is 5.82. The van der Waals surface area contributed by atoms with Crippen LogP contribution in [-0.4, -0.2) is 54.7 Å². The van der Waals surface area contributed by atoms with Crippen molar-refractivity contribution in [3.05, 3.63) is 51.5 Å². The number of guanidine groups is 1. The molecule has 2 N–H and O–H groups in total. The fourth-order valence-electron chi connectivity index (χ4n) is 3.65. The van der Waals surface area contributed by atoms with E-state index < -0.39 is 0 Å². The molecule has 0 amide bonds. The lowest BCUT2D eigenvalue weighted by atomic mass is 10.1. The highest BCUT2D eigenvalue weighted by molar-refractivity contribution is 7.11. The van der Waals surface area contributed by atoms with Gasteiger partial charge in [0.05, 0.1) is 17.2 Å². The van der Waals surface area contributed by atoms with Crippen LogP contribution in [0.2, 0.25) is 0 Å². The fourth-order valence-corrected chi connectivity index (χ4v) is 4.43. The van der Waals surface area contributed by atoms with Crippen LogP contribution in [0.25, 0.3) is 0 Å². The lowest BCUT2D eigenvalue weighted by Gasteiger charge is -2.35. The van der Waals surface area contributed by atoms with E-state index in [4.69, 9.17) is 4.74 Å². The molecule has 2 unspecified atom stereocenters. The number of aliphatic imine (C=N–C) groups is 1. The fraction of sp³-hybridized carbons (Fsp3) is 0.545. The predicted octanol–water partition coefficient (Wildman–Crippen LogP) is 2.97. The van der Waals surface area contributed by atoms with E-state index in [0.717, 1.165) is 50.1 Å². The van der Waals surface area contributed by atoms with E-state index in [-0.39, 0.29) is 0 Å². The molecule has 6 nitrogen and oxygen atoms in total. The van der Waals surface area contributed by atoms with Crippen molar-refractivity contribution in [2.75, 3.05) is 26.7 Å². The summed E-state index contributed by atoms with van der Waals surface area (Å²) in [6, 6.07) is 8.84. The van der Waals surface area contributed by atoms with Crippen molar-refractivity contribution in [2.24, 2.45) is 4.99 Å². The molecule has 0 saturated carbocycles. The average molecular weight is 416 g/mol. The minimum Gasteiger partial charge on any atom is -0.373 e. The van der Waals surface area contributed by atoms with Crippen molar-refractivity contribution >= 4 is 17.3 Å². The topological polar surface area (TPSA) is 61.8 Å². The Morgan fingerprint density at radius 3 is 2.48 bits per heavy atom. The molecule has 1 aliphatic rings. The van der Waals surface area contributed by atoms with Crippen LogP contribution in [0.4, 0.5) is 0 Å². The summed E-state index contributed by atoms with van der Waals surface area (Å²) in [5, 5.41) is 7.90. The van der Waals surface area contributed by atoms with Crippen LogP contribution in [0.5, 0.6) is 0 Å². The molecule has 1 aromatic heterocycles. The molecule has 2 heterocycles. The lowest BCUT2D eigenvalue weighted by molar-refractivity contribution is -0.0704. The highest BCUT2D eigenvalue weighted by Gasteiger charge is 2.21. The van der Waals surface area contributed by atoms with Crippen LogP contribution >= 0.6 is 11.3 Å². The number of nitrogens with one attached hydrogen (secondary N) is 2. The van der Waals surface area contributed by atoms with Gasteiger partial charge >= 0.3 is 0 Å².